The summed E-state index contributed by atoms with van der Waals surface area (Å²) in [6, 6.07) is 20.9. The minimum absolute atomic E-state index is 0.128. The van der Waals surface area contributed by atoms with E-state index in [1.165, 1.54) is 31.4 Å². The summed E-state index contributed by atoms with van der Waals surface area (Å²) in [5.41, 5.74) is 3.70. The quantitative estimate of drug-likeness (QED) is 0.553. The minimum Gasteiger partial charge on any atom is -0.372 e. The van der Waals surface area contributed by atoms with Crippen molar-refractivity contribution in [2.75, 3.05) is 28.0 Å². The summed E-state index contributed by atoms with van der Waals surface area (Å²) in [6.45, 7) is 4.01. The van der Waals surface area contributed by atoms with Gasteiger partial charge in [0.05, 0.1) is 4.90 Å². The summed E-state index contributed by atoms with van der Waals surface area (Å²) >= 11 is 0. The molecule has 1 heterocycles. The molecule has 7 heteroatoms. The SMILES string of the molecule is Cc1cccc(NS(=O)(=O)c2ccc(NC(=O)c3ccc(N4CCCCC4)cc3)cc2)c1. The largest absolute Gasteiger partial charge is 0.372 e. The van der Waals surface area contributed by atoms with Gasteiger partial charge >= 0.3 is 0 Å². The van der Waals surface area contributed by atoms with Gasteiger partial charge in [-0.3, -0.25) is 9.52 Å². The van der Waals surface area contributed by atoms with Crippen molar-refractivity contribution < 1.29 is 13.2 Å². The Balaban J connectivity index is 1.40. The molecule has 0 aliphatic carbocycles. The van der Waals surface area contributed by atoms with E-state index in [1.54, 1.807) is 30.3 Å². The Hall–Kier alpha value is -3.32. The first-order valence-electron chi connectivity index (χ1n) is 10.8. The number of amides is 1. The van der Waals surface area contributed by atoms with Crippen LogP contribution < -0.4 is 14.9 Å². The third kappa shape index (κ3) is 5.29. The summed E-state index contributed by atoms with van der Waals surface area (Å²) in [7, 11) is -3.71. The number of carbonyl (C=O) groups excluding carboxylic acids is 1. The number of anilines is 3. The van der Waals surface area contributed by atoms with Crippen LogP contribution >= 0.6 is 0 Å². The van der Waals surface area contributed by atoms with Crippen LogP contribution in [0.25, 0.3) is 0 Å². The molecule has 1 saturated heterocycles. The van der Waals surface area contributed by atoms with Crippen molar-refractivity contribution in [1.82, 2.24) is 0 Å². The Morgan fingerprint density at radius 3 is 2.19 bits per heavy atom. The maximum absolute atomic E-state index is 12.6. The number of nitrogens with one attached hydrogen (secondary N) is 2. The Morgan fingerprint density at radius 2 is 1.53 bits per heavy atom. The molecule has 0 saturated carbocycles. The van der Waals surface area contributed by atoms with Crippen molar-refractivity contribution in [3.05, 3.63) is 83.9 Å². The summed E-state index contributed by atoms with van der Waals surface area (Å²) in [6.07, 6.45) is 3.68. The molecule has 3 aromatic rings. The first-order chi connectivity index (χ1) is 15.4. The van der Waals surface area contributed by atoms with E-state index < -0.39 is 10.0 Å². The van der Waals surface area contributed by atoms with Gasteiger partial charge < -0.3 is 10.2 Å². The smallest absolute Gasteiger partial charge is 0.261 e. The molecular weight excluding hydrogens is 422 g/mol. The number of sulfonamides is 1. The van der Waals surface area contributed by atoms with Crippen molar-refractivity contribution in [1.29, 1.82) is 0 Å². The lowest BCUT2D eigenvalue weighted by molar-refractivity contribution is 0.102. The van der Waals surface area contributed by atoms with Crippen molar-refractivity contribution in [3.8, 4) is 0 Å². The van der Waals surface area contributed by atoms with Gasteiger partial charge in [-0.05, 0) is 92.4 Å². The van der Waals surface area contributed by atoms with E-state index in [9.17, 15) is 13.2 Å². The van der Waals surface area contributed by atoms with E-state index in [0.717, 1.165) is 24.3 Å². The standard InChI is InChI=1S/C25H27N3O3S/c1-19-6-5-7-22(18-19)27-32(30,31)24-14-10-21(11-15-24)26-25(29)20-8-12-23(13-9-20)28-16-3-2-4-17-28/h5-15,18,27H,2-4,16-17H2,1H3,(H,26,29). The lowest BCUT2D eigenvalue weighted by Gasteiger charge is -2.28. The zero-order chi connectivity index (χ0) is 22.6. The van der Waals surface area contributed by atoms with Crippen LogP contribution in [0, 0.1) is 6.92 Å². The second-order valence-corrected chi connectivity index (χ2v) is 9.73. The molecule has 1 amide bonds. The van der Waals surface area contributed by atoms with Gasteiger partial charge in [-0.15, -0.1) is 0 Å². The average molecular weight is 450 g/mol. The molecule has 0 radical (unpaired) electrons. The van der Waals surface area contributed by atoms with Crippen LogP contribution in [0.3, 0.4) is 0 Å². The van der Waals surface area contributed by atoms with Gasteiger partial charge in [0.25, 0.3) is 15.9 Å². The third-order valence-electron chi connectivity index (χ3n) is 5.54. The van der Waals surface area contributed by atoms with E-state index in [0.29, 0.717) is 16.9 Å². The van der Waals surface area contributed by atoms with Crippen LogP contribution in [0.15, 0.2) is 77.7 Å². The molecular formula is C25H27N3O3S. The number of benzene rings is 3. The molecule has 1 aliphatic heterocycles. The van der Waals surface area contributed by atoms with Crippen LogP contribution in [0.4, 0.5) is 17.1 Å². The number of rotatable bonds is 6. The maximum Gasteiger partial charge on any atom is 0.261 e. The molecule has 0 atom stereocenters. The molecule has 166 valence electrons. The Kier molecular flexibility index (Phi) is 6.46. The lowest BCUT2D eigenvalue weighted by Crippen LogP contribution is -2.29. The molecule has 2 N–H and O–H groups in total. The zero-order valence-corrected chi connectivity index (χ0v) is 18.9. The Morgan fingerprint density at radius 1 is 0.844 bits per heavy atom. The van der Waals surface area contributed by atoms with E-state index in [-0.39, 0.29) is 10.8 Å². The summed E-state index contributed by atoms with van der Waals surface area (Å²) in [5, 5.41) is 2.83. The predicted octanol–water partition coefficient (Wildman–Crippen LogP) is 5.04. The molecule has 1 fully saturated rings. The van der Waals surface area contributed by atoms with Crippen molar-refractivity contribution in [2.45, 2.75) is 31.1 Å². The van der Waals surface area contributed by atoms with Crippen molar-refractivity contribution in [2.24, 2.45) is 0 Å². The highest BCUT2D eigenvalue weighted by molar-refractivity contribution is 7.92. The number of piperidine rings is 1. The third-order valence-corrected chi connectivity index (χ3v) is 6.94. The van der Waals surface area contributed by atoms with Gasteiger partial charge in [0, 0.05) is 35.7 Å². The molecule has 6 nitrogen and oxygen atoms in total. The molecule has 4 rings (SSSR count). The lowest BCUT2D eigenvalue weighted by atomic mass is 10.1. The van der Waals surface area contributed by atoms with Gasteiger partial charge in [0.1, 0.15) is 0 Å². The topological polar surface area (TPSA) is 78.5 Å². The summed E-state index contributed by atoms with van der Waals surface area (Å²) < 4.78 is 27.8. The molecule has 1 aliphatic rings. The number of hydrogen-bond donors (Lipinski definition) is 2. The molecule has 32 heavy (non-hydrogen) atoms. The van der Waals surface area contributed by atoms with Crippen LogP contribution in [-0.2, 0) is 10.0 Å². The normalized spacial score (nSPS) is 14.1. The van der Waals surface area contributed by atoms with E-state index in [1.807, 2.05) is 37.3 Å². The van der Waals surface area contributed by atoms with E-state index >= 15 is 0 Å². The second-order valence-electron chi connectivity index (χ2n) is 8.05. The number of aryl methyl sites for hydroxylation is 1. The fourth-order valence-electron chi connectivity index (χ4n) is 3.82. The fourth-order valence-corrected chi connectivity index (χ4v) is 4.87. The highest BCUT2D eigenvalue weighted by atomic mass is 32.2. The van der Waals surface area contributed by atoms with Crippen LogP contribution in [-0.4, -0.2) is 27.4 Å². The van der Waals surface area contributed by atoms with Gasteiger partial charge in [0.2, 0.25) is 0 Å². The highest BCUT2D eigenvalue weighted by Crippen LogP contribution is 2.22. The summed E-state index contributed by atoms with van der Waals surface area (Å²) in [4.78, 5) is 15.1. The van der Waals surface area contributed by atoms with Crippen molar-refractivity contribution in [3.63, 3.8) is 0 Å². The number of hydrogen-bond acceptors (Lipinski definition) is 4. The van der Waals surface area contributed by atoms with E-state index in [4.69, 9.17) is 0 Å². The zero-order valence-electron chi connectivity index (χ0n) is 18.0. The monoisotopic (exact) mass is 449 g/mol. The minimum atomic E-state index is -3.71. The van der Waals surface area contributed by atoms with Gasteiger partial charge in [0.15, 0.2) is 0 Å². The maximum atomic E-state index is 12.6. The second kappa shape index (κ2) is 9.44. The first-order valence-corrected chi connectivity index (χ1v) is 12.2. The highest BCUT2D eigenvalue weighted by Gasteiger charge is 2.15. The number of carbonyl (C=O) groups is 1. The Bertz CT molecular complexity index is 1180. The molecule has 0 bridgehead atoms. The molecule has 3 aromatic carbocycles. The van der Waals surface area contributed by atoms with Gasteiger partial charge in [-0.1, -0.05) is 12.1 Å². The fraction of sp³-hybridized carbons (Fsp3) is 0.240. The van der Waals surface area contributed by atoms with Crippen molar-refractivity contribution >= 4 is 33.0 Å². The average Bonchev–Trinajstić information content (AvgIpc) is 2.80. The Labute approximate surface area is 189 Å². The van der Waals surface area contributed by atoms with Crippen LogP contribution in [0.1, 0.15) is 35.2 Å². The molecule has 0 spiro atoms. The van der Waals surface area contributed by atoms with Crippen LogP contribution in [0.2, 0.25) is 0 Å². The number of nitrogens with zero attached hydrogens (tertiary/aromatic N) is 1. The van der Waals surface area contributed by atoms with Gasteiger partial charge in [-0.25, -0.2) is 8.42 Å². The predicted molar refractivity (Wildman–Crippen MR) is 129 cm³/mol. The summed E-state index contributed by atoms with van der Waals surface area (Å²) in [5.74, 6) is -0.233. The first kappa shape index (κ1) is 21.9. The van der Waals surface area contributed by atoms with Crippen LogP contribution in [0.5, 0.6) is 0 Å². The van der Waals surface area contributed by atoms with Gasteiger partial charge in [-0.2, -0.15) is 0 Å². The van der Waals surface area contributed by atoms with E-state index in [2.05, 4.69) is 14.9 Å². The molecule has 0 unspecified atom stereocenters. The molecule has 0 aromatic heterocycles.